The van der Waals surface area contributed by atoms with Crippen LogP contribution in [0.3, 0.4) is 0 Å². The minimum Gasteiger partial charge on any atom is -0.497 e. The van der Waals surface area contributed by atoms with Crippen LogP contribution < -0.4 is 15.4 Å². The highest BCUT2D eigenvalue weighted by atomic mass is 16.5. The van der Waals surface area contributed by atoms with E-state index in [1.807, 2.05) is 18.2 Å². The van der Waals surface area contributed by atoms with Gasteiger partial charge in [0.25, 0.3) is 0 Å². The normalized spacial score (nSPS) is 11.6. The average molecular weight is 380 g/mol. The molecular weight excluding hydrogens is 350 g/mol. The Morgan fingerprint density at radius 3 is 2.75 bits per heavy atom. The van der Waals surface area contributed by atoms with Crippen molar-refractivity contribution in [2.75, 3.05) is 20.7 Å². The first-order chi connectivity index (χ1) is 13.6. The standard InChI is InChI=1S/C22H29N5O/c1-16-12-18(14-19(13-16)28-4)15-25-22(23-3)24-10-7-11-27-17(2)26-20-8-5-6-9-21(20)27/h5-6,8-9,12-14H,7,10-11,15H2,1-4H3,(H2,23,24,25). The maximum Gasteiger partial charge on any atom is 0.191 e. The lowest BCUT2D eigenvalue weighted by molar-refractivity contribution is 0.414. The van der Waals surface area contributed by atoms with Gasteiger partial charge in [0, 0.05) is 26.7 Å². The number of methoxy groups -OCH3 is 1. The zero-order valence-corrected chi connectivity index (χ0v) is 17.1. The van der Waals surface area contributed by atoms with E-state index in [0.717, 1.165) is 42.6 Å². The van der Waals surface area contributed by atoms with Crippen molar-refractivity contribution < 1.29 is 4.74 Å². The van der Waals surface area contributed by atoms with Crippen LogP contribution in [0.1, 0.15) is 23.4 Å². The van der Waals surface area contributed by atoms with Crippen molar-refractivity contribution in [3.8, 4) is 5.75 Å². The monoisotopic (exact) mass is 379 g/mol. The number of nitrogens with zero attached hydrogens (tertiary/aromatic N) is 3. The summed E-state index contributed by atoms with van der Waals surface area (Å²) in [5.74, 6) is 2.73. The number of para-hydroxylation sites is 2. The summed E-state index contributed by atoms with van der Waals surface area (Å²) in [7, 11) is 3.48. The molecule has 0 spiro atoms. The molecule has 0 amide bonds. The second-order valence-electron chi connectivity index (χ2n) is 6.86. The molecule has 0 unspecified atom stereocenters. The number of ether oxygens (including phenoxy) is 1. The van der Waals surface area contributed by atoms with Crippen molar-refractivity contribution in [3.63, 3.8) is 0 Å². The highest BCUT2D eigenvalue weighted by Gasteiger charge is 2.06. The molecule has 3 aromatic rings. The number of fused-ring (bicyclic) bond motifs is 1. The van der Waals surface area contributed by atoms with Crippen molar-refractivity contribution in [2.45, 2.75) is 33.4 Å². The van der Waals surface area contributed by atoms with Crippen LogP contribution in [-0.4, -0.2) is 36.2 Å². The predicted octanol–water partition coefficient (Wildman–Crippen LogP) is 3.42. The fraction of sp³-hybridized carbons (Fsp3) is 0.364. The van der Waals surface area contributed by atoms with E-state index in [0.29, 0.717) is 6.54 Å². The van der Waals surface area contributed by atoms with Crippen LogP contribution in [0.5, 0.6) is 5.75 Å². The zero-order chi connectivity index (χ0) is 19.9. The van der Waals surface area contributed by atoms with Gasteiger partial charge in [0.15, 0.2) is 5.96 Å². The van der Waals surface area contributed by atoms with E-state index < -0.39 is 0 Å². The van der Waals surface area contributed by atoms with Gasteiger partial charge in [-0.1, -0.05) is 18.2 Å². The summed E-state index contributed by atoms with van der Waals surface area (Å²) in [6.07, 6.45) is 0.986. The Hall–Kier alpha value is -3.02. The number of hydrogen-bond donors (Lipinski definition) is 2. The fourth-order valence-corrected chi connectivity index (χ4v) is 3.37. The predicted molar refractivity (Wildman–Crippen MR) is 115 cm³/mol. The third kappa shape index (κ3) is 4.82. The Morgan fingerprint density at radius 2 is 1.96 bits per heavy atom. The van der Waals surface area contributed by atoms with Gasteiger partial charge in [0.2, 0.25) is 0 Å². The SMILES string of the molecule is CN=C(NCCCn1c(C)nc2ccccc21)NCc1cc(C)cc(OC)c1. The lowest BCUT2D eigenvalue weighted by Gasteiger charge is -2.13. The first-order valence-corrected chi connectivity index (χ1v) is 9.61. The number of imidazole rings is 1. The van der Waals surface area contributed by atoms with E-state index in [1.54, 1.807) is 14.2 Å². The molecule has 0 bridgehead atoms. The zero-order valence-electron chi connectivity index (χ0n) is 17.1. The Balaban J connectivity index is 1.49. The molecule has 0 aliphatic heterocycles. The summed E-state index contributed by atoms with van der Waals surface area (Å²) in [5.41, 5.74) is 4.59. The van der Waals surface area contributed by atoms with Crippen LogP contribution in [0.4, 0.5) is 0 Å². The molecule has 0 radical (unpaired) electrons. The average Bonchev–Trinajstić information content (AvgIpc) is 3.02. The van der Waals surface area contributed by atoms with Crippen LogP contribution in [0.15, 0.2) is 47.5 Å². The van der Waals surface area contributed by atoms with Crippen molar-refractivity contribution in [1.29, 1.82) is 0 Å². The lowest BCUT2D eigenvalue weighted by Crippen LogP contribution is -2.37. The number of rotatable bonds is 7. The maximum absolute atomic E-state index is 5.34. The second-order valence-corrected chi connectivity index (χ2v) is 6.86. The molecule has 148 valence electrons. The summed E-state index contributed by atoms with van der Waals surface area (Å²) in [6.45, 7) is 6.59. The molecule has 0 saturated carbocycles. The third-order valence-electron chi connectivity index (χ3n) is 4.73. The van der Waals surface area contributed by atoms with Crippen LogP contribution in [0.25, 0.3) is 11.0 Å². The molecule has 28 heavy (non-hydrogen) atoms. The van der Waals surface area contributed by atoms with Crippen LogP contribution in [0, 0.1) is 13.8 Å². The van der Waals surface area contributed by atoms with Crippen molar-refractivity contribution in [3.05, 3.63) is 59.4 Å². The number of aromatic nitrogens is 2. The van der Waals surface area contributed by atoms with Crippen LogP contribution >= 0.6 is 0 Å². The summed E-state index contributed by atoms with van der Waals surface area (Å²) in [6, 6.07) is 14.5. The largest absolute Gasteiger partial charge is 0.497 e. The molecule has 2 N–H and O–H groups in total. The number of hydrogen-bond acceptors (Lipinski definition) is 3. The smallest absolute Gasteiger partial charge is 0.191 e. The first kappa shape index (κ1) is 19.7. The minimum absolute atomic E-state index is 0.697. The van der Waals surface area contributed by atoms with E-state index in [-0.39, 0.29) is 0 Å². The number of nitrogens with one attached hydrogen (secondary N) is 2. The molecule has 0 atom stereocenters. The van der Waals surface area contributed by atoms with E-state index in [2.05, 4.69) is 63.3 Å². The summed E-state index contributed by atoms with van der Waals surface area (Å²) in [4.78, 5) is 8.94. The molecule has 1 heterocycles. The number of aliphatic imine (C=N–C) groups is 1. The van der Waals surface area contributed by atoms with Gasteiger partial charge in [-0.05, 0) is 55.7 Å². The van der Waals surface area contributed by atoms with Gasteiger partial charge in [-0.25, -0.2) is 4.98 Å². The number of guanidine groups is 1. The lowest BCUT2D eigenvalue weighted by atomic mass is 10.1. The number of aryl methyl sites for hydroxylation is 3. The molecule has 3 rings (SSSR count). The van der Waals surface area contributed by atoms with Gasteiger partial charge < -0.3 is 19.9 Å². The van der Waals surface area contributed by atoms with Gasteiger partial charge in [0.1, 0.15) is 11.6 Å². The maximum atomic E-state index is 5.34. The summed E-state index contributed by atoms with van der Waals surface area (Å²) < 4.78 is 7.61. The van der Waals surface area contributed by atoms with E-state index >= 15 is 0 Å². The molecule has 0 fully saturated rings. The van der Waals surface area contributed by atoms with Crippen molar-refractivity contribution >= 4 is 17.0 Å². The van der Waals surface area contributed by atoms with Crippen molar-refractivity contribution in [2.24, 2.45) is 4.99 Å². The van der Waals surface area contributed by atoms with Crippen LogP contribution in [0.2, 0.25) is 0 Å². The fourth-order valence-electron chi connectivity index (χ4n) is 3.37. The van der Waals surface area contributed by atoms with Gasteiger partial charge >= 0.3 is 0 Å². The molecule has 6 nitrogen and oxygen atoms in total. The molecule has 1 aromatic heterocycles. The van der Waals surface area contributed by atoms with Gasteiger partial charge in [-0.15, -0.1) is 0 Å². The van der Waals surface area contributed by atoms with E-state index in [4.69, 9.17) is 4.74 Å². The molecule has 0 saturated heterocycles. The van der Waals surface area contributed by atoms with Crippen molar-refractivity contribution in [1.82, 2.24) is 20.2 Å². The quantitative estimate of drug-likeness (QED) is 0.375. The Bertz CT molecular complexity index is 961. The Labute approximate surface area is 166 Å². The van der Waals surface area contributed by atoms with Gasteiger partial charge in [0.05, 0.1) is 18.1 Å². The molecular formula is C22H29N5O. The minimum atomic E-state index is 0.697. The van der Waals surface area contributed by atoms with E-state index in [9.17, 15) is 0 Å². The molecule has 6 heteroatoms. The molecule has 2 aromatic carbocycles. The van der Waals surface area contributed by atoms with Gasteiger partial charge in [-0.3, -0.25) is 4.99 Å². The number of benzene rings is 2. The summed E-state index contributed by atoms with van der Waals surface area (Å²) in [5, 5.41) is 6.75. The first-order valence-electron chi connectivity index (χ1n) is 9.61. The molecule has 0 aliphatic rings. The highest BCUT2D eigenvalue weighted by Crippen LogP contribution is 2.17. The van der Waals surface area contributed by atoms with Gasteiger partial charge in [-0.2, -0.15) is 0 Å². The highest BCUT2D eigenvalue weighted by molar-refractivity contribution is 5.79. The topological polar surface area (TPSA) is 63.5 Å². The summed E-state index contributed by atoms with van der Waals surface area (Å²) >= 11 is 0. The third-order valence-corrected chi connectivity index (χ3v) is 4.73. The van der Waals surface area contributed by atoms with Crippen LogP contribution in [-0.2, 0) is 13.1 Å². The Kier molecular flexibility index (Phi) is 6.53. The second kappa shape index (κ2) is 9.26. The Morgan fingerprint density at radius 1 is 1.14 bits per heavy atom. The van der Waals surface area contributed by atoms with E-state index in [1.165, 1.54) is 16.6 Å². The molecule has 0 aliphatic carbocycles.